The maximum absolute atomic E-state index is 6.25. The highest BCUT2D eigenvalue weighted by Crippen LogP contribution is 2.29. The van der Waals surface area contributed by atoms with E-state index in [1.165, 1.54) is 0 Å². The van der Waals surface area contributed by atoms with Crippen LogP contribution in [0, 0.1) is 13.8 Å². The molecular weight excluding hydrogens is 305 g/mol. The second-order valence-corrected chi connectivity index (χ2v) is 6.94. The molecule has 0 atom stereocenters. The summed E-state index contributed by atoms with van der Waals surface area (Å²) in [5.74, 6) is 1.42. The van der Waals surface area contributed by atoms with Crippen LogP contribution in [0.15, 0.2) is 18.2 Å². The summed E-state index contributed by atoms with van der Waals surface area (Å²) in [6, 6.07) is 5.71. The Bertz CT molecular complexity index is 676. The quantitative estimate of drug-likeness (QED) is 0.747. The zero-order valence-electron chi connectivity index (χ0n) is 12.9. The number of benzene rings is 1. The van der Waals surface area contributed by atoms with Gasteiger partial charge < -0.3 is 5.32 Å². The molecule has 2 rings (SSSR count). The first-order chi connectivity index (χ1) is 9.68. The van der Waals surface area contributed by atoms with Crippen molar-refractivity contribution in [2.24, 2.45) is 0 Å². The van der Waals surface area contributed by atoms with Gasteiger partial charge in [0.25, 0.3) is 0 Å². The Labute approximate surface area is 135 Å². The van der Waals surface area contributed by atoms with Crippen molar-refractivity contribution < 1.29 is 0 Å². The van der Waals surface area contributed by atoms with Gasteiger partial charge in [0.15, 0.2) is 0 Å². The fourth-order valence-corrected chi connectivity index (χ4v) is 2.14. The summed E-state index contributed by atoms with van der Waals surface area (Å²) >= 11 is 12.3. The lowest BCUT2D eigenvalue weighted by molar-refractivity contribution is 0.545. The van der Waals surface area contributed by atoms with Crippen molar-refractivity contribution in [2.45, 2.75) is 40.0 Å². The van der Waals surface area contributed by atoms with Crippen molar-refractivity contribution >= 4 is 34.7 Å². The lowest BCUT2D eigenvalue weighted by Crippen LogP contribution is -2.17. The minimum Gasteiger partial charge on any atom is -0.340 e. The molecule has 0 amide bonds. The Hall–Kier alpha value is -1.32. The van der Waals surface area contributed by atoms with Crippen LogP contribution in [0.5, 0.6) is 0 Å². The van der Waals surface area contributed by atoms with Crippen molar-refractivity contribution in [3.05, 3.63) is 45.3 Å². The standard InChI is InChI=1S/C16H19Cl2N3/c1-9-6-7-11(17)8-12(9)19-14-10(2)13(18)20-15(21-14)16(3,4)5/h6-8H,1-5H3,(H,19,20,21). The molecule has 0 unspecified atom stereocenters. The summed E-state index contributed by atoms with van der Waals surface area (Å²) in [6.07, 6.45) is 0. The fourth-order valence-electron chi connectivity index (χ4n) is 1.80. The minimum atomic E-state index is -0.169. The molecule has 1 N–H and O–H groups in total. The molecule has 0 radical (unpaired) electrons. The van der Waals surface area contributed by atoms with Crippen LogP contribution in [0.25, 0.3) is 0 Å². The molecule has 112 valence electrons. The lowest BCUT2D eigenvalue weighted by Gasteiger charge is -2.20. The van der Waals surface area contributed by atoms with E-state index in [-0.39, 0.29) is 5.41 Å². The zero-order valence-corrected chi connectivity index (χ0v) is 14.4. The third kappa shape index (κ3) is 3.66. The number of hydrogen-bond donors (Lipinski definition) is 1. The summed E-state index contributed by atoms with van der Waals surface area (Å²) in [7, 11) is 0. The topological polar surface area (TPSA) is 37.8 Å². The van der Waals surface area contributed by atoms with Crippen LogP contribution < -0.4 is 5.32 Å². The average Bonchev–Trinajstić information content (AvgIpc) is 2.37. The number of hydrogen-bond acceptors (Lipinski definition) is 3. The van der Waals surface area contributed by atoms with E-state index in [1.807, 2.05) is 32.0 Å². The van der Waals surface area contributed by atoms with E-state index in [0.29, 0.717) is 21.8 Å². The lowest BCUT2D eigenvalue weighted by atomic mass is 9.95. The maximum Gasteiger partial charge on any atom is 0.138 e. The molecule has 5 heteroatoms. The molecule has 1 aromatic heterocycles. The molecule has 3 nitrogen and oxygen atoms in total. The van der Waals surface area contributed by atoms with Gasteiger partial charge in [0.1, 0.15) is 16.8 Å². The number of halogens is 2. The molecular formula is C16H19Cl2N3. The van der Waals surface area contributed by atoms with E-state index in [9.17, 15) is 0 Å². The number of nitrogens with one attached hydrogen (secondary N) is 1. The van der Waals surface area contributed by atoms with E-state index < -0.39 is 0 Å². The summed E-state index contributed by atoms with van der Waals surface area (Å²) < 4.78 is 0. The van der Waals surface area contributed by atoms with E-state index in [4.69, 9.17) is 23.2 Å². The normalized spacial score (nSPS) is 11.6. The van der Waals surface area contributed by atoms with Crippen LogP contribution in [0.4, 0.5) is 11.5 Å². The second-order valence-electron chi connectivity index (χ2n) is 6.15. The van der Waals surface area contributed by atoms with Gasteiger partial charge in [-0.15, -0.1) is 0 Å². The van der Waals surface area contributed by atoms with E-state index in [1.54, 1.807) is 0 Å². The fraction of sp³-hybridized carbons (Fsp3) is 0.375. The molecule has 0 spiro atoms. The average molecular weight is 324 g/mol. The van der Waals surface area contributed by atoms with Gasteiger partial charge in [-0.05, 0) is 31.5 Å². The SMILES string of the molecule is Cc1ccc(Cl)cc1Nc1nc(C(C)(C)C)nc(Cl)c1C. The van der Waals surface area contributed by atoms with Crippen molar-refractivity contribution in [1.82, 2.24) is 9.97 Å². The van der Waals surface area contributed by atoms with Crippen LogP contribution in [0.2, 0.25) is 10.2 Å². The van der Waals surface area contributed by atoms with Gasteiger partial charge in [0, 0.05) is 21.7 Å². The van der Waals surface area contributed by atoms with Crippen molar-refractivity contribution in [3.8, 4) is 0 Å². The number of aryl methyl sites for hydroxylation is 1. The van der Waals surface area contributed by atoms with Gasteiger partial charge in [-0.3, -0.25) is 0 Å². The van der Waals surface area contributed by atoms with Gasteiger partial charge in [0.05, 0.1) is 0 Å². The van der Waals surface area contributed by atoms with E-state index >= 15 is 0 Å². The van der Waals surface area contributed by atoms with E-state index in [2.05, 4.69) is 36.1 Å². The highest BCUT2D eigenvalue weighted by molar-refractivity contribution is 6.31. The molecule has 0 aliphatic rings. The van der Waals surface area contributed by atoms with Gasteiger partial charge in [-0.2, -0.15) is 0 Å². The van der Waals surface area contributed by atoms with Gasteiger partial charge in [-0.1, -0.05) is 50.0 Å². The predicted molar refractivity (Wildman–Crippen MR) is 90.0 cm³/mol. The molecule has 0 bridgehead atoms. The predicted octanol–water partition coefficient (Wildman–Crippen LogP) is 5.44. The molecule has 0 fully saturated rings. The minimum absolute atomic E-state index is 0.169. The van der Waals surface area contributed by atoms with Crippen LogP contribution in [0.1, 0.15) is 37.7 Å². The van der Waals surface area contributed by atoms with Crippen LogP contribution in [-0.2, 0) is 5.41 Å². The first-order valence-corrected chi connectivity index (χ1v) is 7.52. The highest BCUT2D eigenvalue weighted by Gasteiger charge is 2.20. The third-order valence-corrected chi connectivity index (χ3v) is 3.81. The van der Waals surface area contributed by atoms with Crippen LogP contribution in [-0.4, -0.2) is 9.97 Å². The van der Waals surface area contributed by atoms with Crippen LogP contribution >= 0.6 is 23.2 Å². The number of anilines is 2. The van der Waals surface area contributed by atoms with Crippen molar-refractivity contribution in [3.63, 3.8) is 0 Å². The molecule has 2 aromatic rings. The first kappa shape index (κ1) is 16.1. The van der Waals surface area contributed by atoms with Gasteiger partial charge >= 0.3 is 0 Å². The summed E-state index contributed by atoms with van der Waals surface area (Å²) in [5, 5.41) is 4.46. The molecule has 1 aromatic carbocycles. The van der Waals surface area contributed by atoms with Gasteiger partial charge in [0.2, 0.25) is 0 Å². The van der Waals surface area contributed by atoms with E-state index in [0.717, 1.165) is 16.8 Å². The Morgan fingerprint density at radius 1 is 1.05 bits per heavy atom. The summed E-state index contributed by atoms with van der Waals surface area (Å²) in [4.78, 5) is 9.00. The monoisotopic (exact) mass is 323 g/mol. The molecule has 0 aliphatic carbocycles. The molecule has 1 heterocycles. The Morgan fingerprint density at radius 2 is 1.71 bits per heavy atom. The van der Waals surface area contributed by atoms with Crippen LogP contribution in [0.3, 0.4) is 0 Å². The highest BCUT2D eigenvalue weighted by atomic mass is 35.5. The van der Waals surface area contributed by atoms with Gasteiger partial charge in [-0.25, -0.2) is 9.97 Å². The number of nitrogens with zero attached hydrogens (tertiary/aromatic N) is 2. The second kappa shape index (κ2) is 5.82. The zero-order chi connectivity index (χ0) is 15.8. The van der Waals surface area contributed by atoms with Crippen molar-refractivity contribution in [2.75, 3.05) is 5.32 Å². The molecule has 0 saturated carbocycles. The first-order valence-electron chi connectivity index (χ1n) is 6.76. The smallest absolute Gasteiger partial charge is 0.138 e. The summed E-state index contributed by atoms with van der Waals surface area (Å²) in [5.41, 5.74) is 2.66. The number of rotatable bonds is 2. The Balaban J connectivity index is 2.49. The Morgan fingerprint density at radius 3 is 2.33 bits per heavy atom. The third-order valence-electron chi connectivity index (χ3n) is 3.21. The Kier molecular flexibility index (Phi) is 4.45. The molecule has 0 aliphatic heterocycles. The summed E-state index contributed by atoms with van der Waals surface area (Å²) in [6.45, 7) is 10.1. The number of aromatic nitrogens is 2. The maximum atomic E-state index is 6.25. The largest absolute Gasteiger partial charge is 0.340 e. The molecule has 21 heavy (non-hydrogen) atoms. The van der Waals surface area contributed by atoms with Crippen molar-refractivity contribution in [1.29, 1.82) is 0 Å². The molecule has 0 saturated heterocycles.